The summed E-state index contributed by atoms with van der Waals surface area (Å²) in [6, 6.07) is 13.7. The van der Waals surface area contributed by atoms with Gasteiger partial charge in [-0.1, -0.05) is 11.6 Å². The standard InChI is InChI=1S/C25H23ClN4O4S/c1-31-18-9-21(33-14-15-7-8-29(12-15)17-5-3-16(26)4-6-17)19-11-23(34-22(19)10-18)20-13-30-24(27-20)35-25(28-30)32-2/h3-6,9-11,13,15H,7-8,12,14H2,1-2H3/t15-/m1/s1. The van der Waals surface area contributed by atoms with Gasteiger partial charge in [0, 0.05) is 41.9 Å². The lowest BCUT2D eigenvalue weighted by molar-refractivity contribution is 0.263. The molecule has 1 saturated heterocycles. The first-order chi connectivity index (χ1) is 17.1. The van der Waals surface area contributed by atoms with Gasteiger partial charge in [-0.05, 0) is 48.1 Å². The molecule has 0 unspecified atom stereocenters. The minimum absolute atomic E-state index is 0.416. The van der Waals surface area contributed by atoms with Crippen LogP contribution in [0.1, 0.15) is 6.42 Å². The number of anilines is 1. The summed E-state index contributed by atoms with van der Waals surface area (Å²) in [6.07, 6.45) is 2.89. The van der Waals surface area contributed by atoms with E-state index in [1.807, 2.05) is 36.5 Å². The molecule has 1 atom stereocenters. The maximum Gasteiger partial charge on any atom is 0.294 e. The zero-order chi connectivity index (χ0) is 23.9. The molecule has 0 spiro atoms. The number of ether oxygens (including phenoxy) is 3. The second-order valence-electron chi connectivity index (χ2n) is 8.46. The number of aromatic nitrogens is 3. The summed E-state index contributed by atoms with van der Waals surface area (Å²) >= 11 is 7.41. The molecule has 0 bridgehead atoms. The molecule has 8 nitrogen and oxygen atoms in total. The summed E-state index contributed by atoms with van der Waals surface area (Å²) in [4.78, 5) is 7.73. The highest BCUT2D eigenvalue weighted by Gasteiger charge is 2.24. The SMILES string of the molecule is COc1cc(OC[C@@H]2CCN(c3ccc(Cl)cc3)C2)c2cc(-c3cn4nc(OC)sc4n3)oc2c1. The van der Waals surface area contributed by atoms with Crippen LogP contribution in [-0.2, 0) is 0 Å². The third kappa shape index (κ3) is 4.26. The van der Waals surface area contributed by atoms with Gasteiger partial charge in [0.25, 0.3) is 5.19 Å². The molecule has 0 aliphatic carbocycles. The molecule has 0 amide bonds. The van der Waals surface area contributed by atoms with E-state index in [-0.39, 0.29) is 0 Å². The summed E-state index contributed by atoms with van der Waals surface area (Å²) in [5.41, 5.74) is 2.57. The van der Waals surface area contributed by atoms with Crippen LogP contribution >= 0.6 is 22.9 Å². The average Bonchev–Trinajstić information content (AvgIpc) is 3.65. The number of hydrogen-bond acceptors (Lipinski definition) is 8. The van der Waals surface area contributed by atoms with Crippen LogP contribution in [0.2, 0.25) is 5.02 Å². The van der Waals surface area contributed by atoms with E-state index in [2.05, 4.69) is 27.1 Å². The number of hydrogen-bond donors (Lipinski definition) is 0. The van der Waals surface area contributed by atoms with E-state index in [1.54, 1.807) is 18.7 Å². The summed E-state index contributed by atoms with van der Waals surface area (Å²) < 4.78 is 24.8. The van der Waals surface area contributed by atoms with Crippen molar-refractivity contribution in [1.82, 2.24) is 14.6 Å². The fourth-order valence-electron chi connectivity index (χ4n) is 4.39. The van der Waals surface area contributed by atoms with E-state index in [4.69, 9.17) is 30.2 Å². The van der Waals surface area contributed by atoms with Gasteiger partial charge in [-0.2, -0.15) is 0 Å². The second kappa shape index (κ2) is 8.98. The van der Waals surface area contributed by atoms with E-state index < -0.39 is 0 Å². The zero-order valence-corrected chi connectivity index (χ0v) is 20.8. The van der Waals surface area contributed by atoms with Crippen molar-refractivity contribution in [3.05, 3.63) is 53.7 Å². The van der Waals surface area contributed by atoms with Gasteiger partial charge < -0.3 is 23.5 Å². The van der Waals surface area contributed by atoms with Gasteiger partial charge in [0.2, 0.25) is 4.96 Å². The molecule has 1 aliphatic rings. The van der Waals surface area contributed by atoms with E-state index in [0.717, 1.165) is 40.6 Å². The second-order valence-corrected chi connectivity index (χ2v) is 9.82. The average molecular weight is 511 g/mol. The number of imidazole rings is 1. The number of halogens is 1. The van der Waals surface area contributed by atoms with Crippen molar-refractivity contribution in [2.24, 2.45) is 5.92 Å². The van der Waals surface area contributed by atoms with Crippen LogP contribution in [0.3, 0.4) is 0 Å². The molecule has 4 heterocycles. The van der Waals surface area contributed by atoms with Crippen molar-refractivity contribution >= 4 is 44.6 Å². The Balaban J connectivity index is 1.22. The first-order valence-electron chi connectivity index (χ1n) is 11.2. The van der Waals surface area contributed by atoms with Crippen LogP contribution in [0.15, 0.2) is 53.1 Å². The Hall–Kier alpha value is -3.43. The number of benzene rings is 2. The van der Waals surface area contributed by atoms with Crippen molar-refractivity contribution in [2.75, 3.05) is 38.8 Å². The third-order valence-corrected chi connectivity index (χ3v) is 7.35. The van der Waals surface area contributed by atoms with E-state index in [1.165, 1.54) is 17.0 Å². The van der Waals surface area contributed by atoms with Gasteiger partial charge in [0.05, 0.1) is 32.4 Å². The molecule has 0 radical (unpaired) electrons. The summed E-state index contributed by atoms with van der Waals surface area (Å²) in [7, 11) is 3.23. The van der Waals surface area contributed by atoms with Crippen molar-refractivity contribution < 1.29 is 18.6 Å². The molecule has 10 heteroatoms. The Kier molecular flexibility index (Phi) is 5.66. The molecule has 1 fully saturated rings. The highest BCUT2D eigenvalue weighted by molar-refractivity contribution is 7.18. The van der Waals surface area contributed by atoms with Crippen molar-refractivity contribution in [1.29, 1.82) is 0 Å². The Morgan fingerprint density at radius 2 is 2.00 bits per heavy atom. The fourth-order valence-corrected chi connectivity index (χ4v) is 5.22. The number of fused-ring (bicyclic) bond motifs is 2. The molecule has 2 aromatic carbocycles. The molecule has 1 aliphatic heterocycles. The van der Waals surface area contributed by atoms with E-state index in [0.29, 0.717) is 40.5 Å². The Labute approximate surface area is 210 Å². The summed E-state index contributed by atoms with van der Waals surface area (Å²) in [5, 5.41) is 6.53. The quantitative estimate of drug-likeness (QED) is 0.275. The van der Waals surface area contributed by atoms with Crippen LogP contribution in [0.25, 0.3) is 27.4 Å². The minimum atomic E-state index is 0.416. The van der Waals surface area contributed by atoms with Crippen LogP contribution in [0, 0.1) is 5.92 Å². The maximum absolute atomic E-state index is 6.33. The van der Waals surface area contributed by atoms with Gasteiger partial charge in [0.15, 0.2) is 5.76 Å². The van der Waals surface area contributed by atoms with Gasteiger partial charge >= 0.3 is 0 Å². The molecule has 35 heavy (non-hydrogen) atoms. The monoisotopic (exact) mass is 510 g/mol. The van der Waals surface area contributed by atoms with Crippen LogP contribution < -0.4 is 19.1 Å². The maximum atomic E-state index is 6.33. The molecule has 0 N–H and O–H groups in total. The molecular weight excluding hydrogens is 488 g/mol. The molecule has 5 aromatic rings. The van der Waals surface area contributed by atoms with Gasteiger partial charge in [-0.3, -0.25) is 0 Å². The number of methoxy groups -OCH3 is 2. The highest BCUT2D eigenvalue weighted by atomic mass is 35.5. The van der Waals surface area contributed by atoms with Crippen molar-refractivity contribution in [3.8, 4) is 28.1 Å². The summed E-state index contributed by atoms with van der Waals surface area (Å²) in [5.74, 6) is 2.48. The van der Waals surface area contributed by atoms with E-state index in [9.17, 15) is 0 Å². The predicted molar refractivity (Wildman–Crippen MR) is 136 cm³/mol. The number of furan rings is 1. The Bertz CT molecular complexity index is 1460. The molecule has 0 saturated carbocycles. The summed E-state index contributed by atoms with van der Waals surface area (Å²) in [6.45, 7) is 2.54. The topological polar surface area (TPSA) is 74.3 Å². The van der Waals surface area contributed by atoms with Crippen LogP contribution in [-0.4, -0.2) is 48.5 Å². The minimum Gasteiger partial charge on any atom is -0.496 e. The molecule has 6 rings (SSSR count). The number of nitrogens with zero attached hydrogens (tertiary/aromatic N) is 4. The Morgan fingerprint density at radius 1 is 1.14 bits per heavy atom. The largest absolute Gasteiger partial charge is 0.496 e. The third-order valence-electron chi connectivity index (χ3n) is 6.21. The van der Waals surface area contributed by atoms with Crippen LogP contribution in [0.5, 0.6) is 16.7 Å². The normalized spacial score (nSPS) is 15.9. The van der Waals surface area contributed by atoms with Gasteiger partial charge in [0.1, 0.15) is 22.8 Å². The Morgan fingerprint density at radius 3 is 2.77 bits per heavy atom. The molecule has 3 aromatic heterocycles. The molecule has 180 valence electrons. The van der Waals surface area contributed by atoms with Crippen molar-refractivity contribution in [2.45, 2.75) is 6.42 Å². The smallest absolute Gasteiger partial charge is 0.294 e. The lowest BCUT2D eigenvalue weighted by Gasteiger charge is -2.19. The highest BCUT2D eigenvalue weighted by Crippen LogP contribution is 2.38. The van der Waals surface area contributed by atoms with Gasteiger partial charge in [-0.25, -0.2) is 9.50 Å². The predicted octanol–water partition coefficient (Wildman–Crippen LogP) is 5.78. The lowest BCUT2D eigenvalue weighted by atomic mass is 10.1. The van der Waals surface area contributed by atoms with Crippen molar-refractivity contribution in [3.63, 3.8) is 0 Å². The zero-order valence-electron chi connectivity index (χ0n) is 19.2. The first-order valence-corrected chi connectivity index (χ1v) is 12.4. The number of rotatable bonds is 7. The van der Waals surface area contributed by atoms with Gasteiger partial charge in [-0.15, -0.1) is 5.10 Å². The van der Waals surface area contributed by atoms with E-state index >= 15 is 0 Å². The fraction of sp³-hybridized carbons (Fsp3) is 0.280. The first kappa shape index (κ1) is 22.1. The van der Waals surface area contributed by atoms with Crippen LogP contribution in [0.4, 0.5) is 5.69 Å². The molecular formula is C25H23ClN4O4S. The lowest BCUT2D eigenvalue weighted by Crippen LogP contribution is -2.21.